The number of esters is 1. The zero-order valence-electron chi connectivity index (χ0n) is 11.8. The Kier molecular flexibility index (Phi) is 5.75. The average Bonchev–Trinajstić information content (AvgIpc) is 2.98. The molecule has 0 aliphatic rings. The van der Waals surface area contributed by atoms with Crippen LogP contribution in [0.3, 0.4) is 0 Å². The number of carbonyl (C=O) groups excluding carboxylic acids is 2. The Morgan fingerprint density at radius 2 is 2.18 bits per heavy atom. The molecule has 4 nitrogen and oxygen atoms in total. The van der Waals surface area contributed by atoms with E-state index in [-0.39, 0.29) is 0 Å². The molecule has 0 radical (unpaired) electrons. The Labute approximate surface area is 137 Å². The summed E-state index contributed by atoms with van der Waals surface area (Å²) in [6.07, 6.45) is 2.03. The van der Waals surface area contributed by atoms with Crippen LogP contribution in [-0.4, -0.2) is 18.0 Å². The fraction of sp³-hybridized carbons (Fsp3) is 0.125. The molecule has 6 heteroatoms. The zero-order valence-corrected chi connectivity index (χ0v) is 13.4. The molecule has 0 unspecified atom stereocenters. The molecule has 22 heavy (non-hydrogen) atoms. The highest BCUT2D eigenvalue weighted by Crippen LogP contribution is 2.15. The summed E-state index contributed by atoms with van der Waals surface area (Å²) in [6.45, 7) is 1.51. The smallest absolute Gasteiger partial charge is 0.331 e. The van der Waals surface area contributed by atoms with Gasteiger partial charge in [0.2, 0.25) is 0 Å². The van der Waals surface area contributed by atoms with Gasteiger partial charge in [-0.1, -0.05) is 17.7 Å². The minimum atomic E-state index is -0.904. The number of rotatable bonds is 5. The molecule has 0 bridgehead atoms. The molecule has 1 aromatic heterocycles. The first-order chi connectivity index (χ1) is 10.5. The van der Waals surface area contributed by atoms with Gasteiger partial charge in [0, 0.05) is 16.8 Å². The largest absolute Gasteiger partial charge is 0.449 e. The molecule has 114 valence electrons. The van der Waals surface area contributed by atoms with E-state index in [1.165, 1.54) is 24.3 Å². The van der Waals surface area contributed by atoms with Crippen molar-refractivity contribution in [2.75, 3.05) is 5.32 Å². The van der Waals surface area contributed by atoms with Gasteiger partial charge in [0.05, 0.1) is 0 Å². The fourth-order valence-corrected chi connectivity index (χ4v) is 2.43. The molecule has 0 saturated carbocycles. The van der Waals surface area contributed by atoms with Crippen LogP contribution in [0.5, 0.6) is 0 Å². The number of anilines is 1. The Morgan fingerprint density at radius 1 is 1.36 bits per heavy atom. The van der Waals surface area contributed by atoms with Crippen molar-refractivity contribution in [2.45, 2.75) is 13.0 Å². The van der Waals surface area contributed by atoms with Crippen LogP contribution in [0, 0.1) is 0 Å². The first-order valence-electron chi connectivity index (χ1n) is 6.52. The quantitative estimate of drug-likeness (QED) is 0.664. The van der Waals surface area contributed by atoms with Crippen molar-refractivity contribution in [3.8, 4) is 0 Å². The number of hydrogen-bond acceptors (Lipinski definition) is 4. The van der Waals surface area contributed by atoms with Crippen LogP contribution in [0.15, 0.2) is 47.2 Å². The van der Waals surface area contributed by atoms with Gasteiger partial charge < -0.3 is 10.1 Å². The summed E-state index contributed by atoms with van der Waals surface area (Å²) in [6, 6.07) is 8.62. The van der Waals surface area contributed by atoms with Crippen LogP contribution in [0.2, 0.25) is 5.02 Å². The first-order valence-corrected chi connectivity index (χ1v) is 7.84. The van der Waals surface area contributed by atoms with Crippen molar-refractivity contribution in [2.24, 2.45) is 0 Å². The normalized spacial score (nSPS) is 12.1. The summed E-state index contributed by atoms with van der Waals surface area (Å²) < 4.78 is 5.05. The van der Waals surface area contributed by atoms with Gasteiger partial charge in [-0.2, -0.15) is 11.3 Å². The third-order valence-electron chi connectivity index (χ3n) is 2.71. The van der Waals surface area contributed by atoms with E-state index in [1.807, 2.05) is 16.8 Å². The van der Waals surface area contributed by atoms with E-state index in [4.69, 9.17) is 16.3 Å². The minimum Gasteiger partial charge on any atom is -0.449 e. The molecule has 0 spiro atoms. The lowest BCUT2D eigenvalue weighted by atomic mass is 10.3. The van der Waals surface area contributed by atoms with E-state index < -0.39 is 18.0 Å². The minimum absolute atomic E-state index is 0.417. The van der Waals surface area contributed by atoms with Crippen molar-refractivity contribution >= 4 is 46.6 Å². The number of ether oxygens (including phenoxy) is 1. The van der Waals surface area contributed by atoms with Crippen molar-refractivity contribution in [1.29, 1.82) is 0 Å². The molecule has 2 aromatic rings. The van der Waals surface area contributed by atoms with Crippen LogP contribution in [0.25, 0.3) is 6.08 Å². The molecular formula is C16H14ClNO3S. The van der Waals surface area contributed by atoms with Crippen LogP contribution < -0.4 is 5.32 Å². The fourth-order valence-electron chi connectivity index (χ4n) is 1.61. The highest BCUT2D eigenvalue weighted by Gasteiger charge is 2.16. The maximum atomic E-state index is 11.9. The third kappa shape index (κ3) is 5.02. The second-order valence-electron chi connectivity index (χ2n) is 4.47. The summed E-state index contributed by atoms with van der Waals surface area (Å²) in [7, 11) is 0. The molecule has 0 aliphatic heterocycles. The maximum absolute atomic E-state index is 11.9. The van der Waals surface area contributed by atoms with E-state index in [2.05, 4.69) is 5.32 Å². The Bertz CT molecular complexity index is 682. The lowest BCUT2D eigenvalue weighted by Gasteiger charge is -2.12. The lowest BCUT2D eigenvalue weighted by molar-refractivity contribution is -0.148. The first kappa shape index (κ1) is 16.3. The molecule has 2 rings (SSSR count). The number of benzene rings is 1. The number of thiophene rings is 1. The predicted molar refractivity (Wildman–Crippen MR) is 89.0 cm³/mol. The average molecular weight is 336 g/mol. The van der Waals surface area contributed by atoms with E-state index in [0.29, 0.717) is 10.7 Å². The van der Waals surface area contributed by atoms with Crippen molar-refractivity contribution < 1.29 is 14.3 Å². The van der Waals surface area contributed by atoms with Crippen LogP contribution >= 0.6 is 22.9 Å². The summed E-state index contributed by atoms with van der Waals surface area (Å²) in [5.74, 6) is -0.987. The Balaban J connectivity index is 1.87. The standard InChI is InChI=1S/C16H14ClNO3S/c1-11(16(20)18-14-4-2-3-13(17)9-14)21-15(19)6-5-12-7-8-22-10-12/h2-11H,1H3,(H,18,20)/b6-5+/t11-/m1/s1. The highest BCUT2D eigenvalue weighted by atomic mass is 35.5. The topological polar surface area (TPSA) is 55.4 Å². The Hall–Kier alpha value is -2.11. The van der Waals surface area contributed by atoms with Crippen molar-refractivity contribution in [1.82, 2.24) is 0 Å². The number of carbonyl (C=O) groups is 2. The third-order valence-corrected chi connectivity index (χ3v) is 3.65. The van der Waals surface area contributed by atoms with Gasteiger partial charge in [-0.25, -0.2) is 4.79 Å². The molecule has 1 aromatic carbocycles. The van der Waals surface area contributed by atoms with Crippen LogP contribution in [0.4, 0.5) is 5.69 Å². The summed E-state index contributed by atoms with van der Waals surface area (Å²) in [4.78, 5) is 23.6. The van der Waals surface area contributed by atoms with Gasteiger partial charge in [0.25, 0.3) is 5.91 Å². The molecule has 0 aliphatic carbocycles. The number of nitrogens with one attached hydrogen (secondary N) is 1. The van der Waals surface area contributed by atoms with Crippen molar-refractivity contribution in [3.63, 3.8) is 0 Å². The molecule has 1 amide bonds. The van der Waals surface area contributed by atoms with Crippen molar-refractivity contribution in [3.05, 3.63) is 57.8 Å². The highest BCUT2D eigenvalue weighted by molar-refractivity contribution is 7.08. The molecular weight excluding hydrogens is 322 g/mol. The lowest BCUT2D eigenvalue weighted by Crippen LogP contribution is -2.29. The van der Waals surface area contributed by atoms with Gasteiger partial charge in [-0.05, 0) is 53.6 Å². The number of hydrogen-bond donors (Lipinski definition) is 1. The maximum Gasteiger partial charge on any atom is 0.331 e. The number of amides is 1. The molecule has 1 N–H and O–H groups in total. The zero-order chi connectivity index (χ0) is 15.9. The van der Waals surface area contributed by atoms with E-state index in [0.717, 1.165) is 5.56 Å². The SMILES string of the molecule is C[C@@H](OC(=O)/C=C/c1ccsc1)C(=O)Nc1cccc(Cl)c1. The summed E-state index contributed by atoms with van der Waals surface area (Å²) in [5, 5.41) is 6.96. The van der Waals surface area contributed by atoms with Gasteiger partial charge in [0.15, 0.2) is 6.10 Å². The molecule has 1 atom stereocenters. The van der Waals surface area contributed by atoms with Gasteiger partial charge in [-0.15, -0.1) is 0 Å². The van der Waals surface area contributed by atoms with Gasteiger partial charge in [0.1, 0.15) is 0 Å². The monoisotopic (exact) mass is 335 g/mol. The molecule has 0 saturated heterocycles. The second kappa shape index (κ2) is 7.77. The Morgan fingerprint density at radius 3 is 2.86 bits per heavy atom. The van der Waals surface area contributed by atoms with Gasteiger partial charge >= 0.3 is 5.97 Å². The predicted octanol–water partition coefficient (Wildman–Crippen LogP) is 3.99. The van der Waals surface area contributed by atoms with E-state index in [1.54, 1.807) is 30.3 Å². The van der Waals surface area contributed by atoms with E-state index in [9.17, 15) is 9.59 Å². The van der Waals surface area contributed by atoms with E-state index >= 15 is 0 Å². The molecule has 1 heterocycles. The summed E-state index contributed by atoms with van der Waals surface area (Å²) >= 11 is 7.37. The van der Waals surface area contributed by atoms with Crippen LogP contribution in [0.1, 0.15) is 12.5 Å². The van der Waals surface area contributed by atoms with Gasteiger partial charge in [-0.3, -0.25) is 4.79 Å². The second-order valence-corrected chi connectivity index (χ2v) is 5.69. The summed E-state index contributed by atoms with van der Waals surface area (Å²) in [5.41, 5.74) is 1.46. The number of halogens is 1. The van der Waals surface area contributed by atoms with Crippen LogP contribution in [-0.2, 0) is 14.3 Å². The molecule has 0 fully saturated rings.